The van der Waals surface area contributed by atoms with Crippen LogP contribution in [0.25, 0.3) is 0 Å². The van der Waals surface area contributed by atoms with E-state index < -0.39 is 5.60 Å². The Kier molecular flexibility index (Phi) is 3.64. The summed E-state index contributed by atoms with van der Waals surface area (Å²) in [5.41, 5.74) is 0.834. The largest absolute Gasteiger partial charge is 0.444 e. The van der Waals surface area contributed by atoms with Gasteiger partial charge < -0.3 is 10.1 Å². The normalized spacial score (nSPS) is 14.8. The van der Waals surface area contributed by atoms with Crippen LogP contribution in [0.4, 0.5) is 4.79 Å². The molecule has 0 spiro atoms. The van der Waals surface area contributed by atoms with Crippen LogP contribution >= 0.6 is 11.3 Å². The molecule has 1 amide bonds. The molecule has 5 heteroatoms. The van der Waals surface area contributed by atoms with E-state index in [9.17, 15) is 4.79 Å². The molecular formula is C13H20N2O2S. The lowest BCUT2D eigenvalue weighted by Gasteiger charge is -2.24. The number of nitrogens with zero attached hydrogens (tertiary/aromatic N) is 1. The van der Waals surface area contributed by atoms with Crippen LogP contribution in [-0.2, 0) is 24.4 Å². The van der Waals surface area contributed by atoms with Gasteiger partial charge >= 0.3 is 6.09 Å². The van der Waals surface area contributed by atoms with E-state index in [0.29, 0.717) is 13.1 Å². The van der Waals surface area contributed by atoms with E-state index >= 15 is 0 Å². The molecule has 2 rings (SSSR count). The summed E-state index contributed by atoms with van der Waals surface area (Å²) in [4.78, 5) is 16.3. The summed E-state index contributed by atoms with van der Waals surface area (Å²) >= 11 is 1.77. The fourth-order valence-electron chi connectivity index (χ4n) is 1.95. The molecule has 0 radical (unpaired) electrons. The van der Waals surface area contributed by atoms with Crippen LogP contribution in [0.5, 0.6) is 0 Å². The number of hydrogen-bond donors (Lipinski definition) is 1. The smallest absolute Gasteiger partial charge is 0.410 e. The van der Waals surface area contributed by atoms with E-state index in [1.807, 2.05) is 27.8 Å². The quantitative estimate of drug-likeness (QED) is 0.896. The zero-order valence-corrected chi connectivity index (χ0v) is 12.2. The molecule has 1 aromatic heterocycles. The summed E-state index contributed by atoms with van der Waals surface area (Å²) in [5.74, 6) is 0. The van der Waals surface area contributed by atoms with E-state index in [1.54, 1.807) is 16.2 Å². The second-order valence-electron chi connectivity index (χ2n) is 5.53. The van der Waals surface area contributed by atoms with Crippen molar-refractivity contribution >= 4 is 17.4 Å². The molecule has 0 aromatic carbocycles. The Morgan fingerprint density at radius 1 is 1.50 bits per heavy atom. The molecule has 0 bridgehead atoms. The van der Waals surface area contributed by atoms with Gasteiger partial charge in [-0.3, -0.25) is 4.90 Å². The highest BCUT2D eigenvalue weighted by Gasteiger charge is 2.29. The Bertz CT molecular complexity index is 425. The Labute approximate surface area is 112 Å². The van der Waals surface area contributed by atoms with Gasteiger partial charge in [0, 0.05) is 16.3 Å². The van der Waals surface area contributed by atoms with Crippen LogP contribution in [0.15, 0.2) is 6.07 Å². The van der Waals surface area contributed by atoms with Crippen molar-refractivity contribution in [1.82, 2.24) is 10.2 Å². The summed E-state index contributed by atoms with van der Waals surface area (Å²) in [5, 5.41) is 3.14. The first-order valence-electron chi connectivity index (χ1n) is 6.12. The molecule has 2 heterocycles. The van der Waals surface area contributed by atoms with Gasteiger partial charge in [0.15, 0.2) is 0 Å². The molecular weight excluding hydrogens is 248 g/mol. The third kappa shape index (κ3) is 3.03. The van der Waals surface area contributed by atoms with E-state index in [1.165, 1.54) is 15.3 Å². The number of ether oxygens (including phenoxy) is 1. The van der Waals surface area contributed by atoms with Gasteiger partial charge in [-0.15, -0.1) is 11.3 Å². The second kappa shape index (κ2) is 4.90. The summed E-state index contributed by atoms with van der Waals surface area (Å²) in [7, 11) is 1.94. The number of nitrogens with one attached hydrogen (secondary N) is 1. The van der Waals surface area contributed by atoms with Crippen LogP contribution in [0, 0.1) is 0 Å². The van der Waals surface area contributed by atoms with Crippen molar-refractivity contribution in [3.05, 3.63) is 21.4 Å². The summed E-state index contributed by atoms with van der Waals surface area (Å²) < 4.78 is 5.38. The molecule has 1 N–H and O–H groups in total. The summed E-state index contributed by atoms with van der Waals surface area (Å²) in [6, 6.07) is 2.18. The van der Waals surface area contributed by atoms with Crippen LogP contribution in [-0.4, -0.2) is 23.6 Å². The van der Waals surface area contributed by atoms with Crippen molar-refractivity contribution in [2.45, 2.75) is 46.0 Å². The number of carbonyl (C=O) groups excluding carboxylic acids is 1. The predicted octanol–water partition coefficient (Wildman–Crippen LogP) is 2.72. The number of amides is 1. The third-order valence-electron chi connectivity index (χ3n) is 2.65. The highest BCUT2D eigenvalue weighted by molar-refractivity contribution is 7.12. The first-order valence-corrected chi connectivity index (χ1v) is 6.93. The van der Waals surface area contributed by atoms with Gasteiger partial charge in [0.25, 0.3) is 0 Å². The molecule has 0 saturated carbocycles. The monoisotopic (exact) mass is 268 g/mol. The minimum Gasteiger partial charge on any atom is -0.444 e. The fourth-order valence-corrected chi connectivity index (χ4v) is 3.16. The lowest BCUT2D eigenvalue weighted by Crippen LogP contribution is -2.33. The highest BCUT2D eigenvalue weighted by Crippen LogP contribution is 2.31. The van der Waals surface area contributed by atoms with E-state index in [2.05, 4.69) is 11.4 Å². The molecule has 100 valence electrons. The number of carbonyl (C=O) groups is 1. The van der Waals surface area contributed by atoms with Crippen molar-refractivity contribution in [1.29, 1.82) is 0 Å². The fraction of sp³-hybridized carbons (Fsp3) is 0.615. The minimum atomic E-state index is -0.426. The van der Waals surface area contributed by atoms with Crippen molar-refractivity contribution in [3.8, 4) is 0 Å². The van der Waals surface area contributed by atoms with Gasteiger partial charge in [-0.2, -0.15) is 0 Å². The zero-order chi connectivity index (χ0) is 13.3. The van der Waals surface area contributed by atoms with Crippen molar-refractivity contribution in [2.75, 3.05) is 7.05 Å². The van der Waals surface area contributed by atoms with Crippen molar-refractivity contribution in [3.63, 3.8) is 0 Å². The Morgan fingerprint density at radius 2 is 2.22 bits per heavy atom. The van der Waals surface area contributed by atoms with E-state index in [4.69, 9.17) is 4.74 Å². The van der Waals surface area contributed by atoms with Gasteiger partial charge in [-0.05, 0) is 39.4 Å². The molecule has 0 aliphatic carbocycles. The van der Waals surface area contributed by atoms with Gasteiger partial charge in [-0.25, -0.2) is 4.79 Å². The molecule has 1 aliphatic rings. The molecule has 0 saturated heterocycles. The molecule has 18 heavy (non-hydrogen) atoms. The van der Waals surface area contributed by atoms with Crippen LogP contribution in [0.2, 0.25) is 0 Å². The number of thiophene rings is 1. The van der Waals surface area contributed by atoms with E-state index in [-0.39, 0.29) is 6.09 Å². The van der Waals surface area contributed by atoms with Gasteiger partial charge in [0.05, 0.1) is 13.1 Å². The first kappa shape index (κ1) is 13.4. The molecule has 1 aliphatic heterocycles. The SMILES string of the molecule is CNCc1cc2c(s1)CN(C(=O)OC(C)(C)C)C2. The zero-order valence-electron chi connectivity index (χ0n) is 11.4. The molecule has 0 atom stereocenters. The Balaban J connectivity index is 1.98. The maximum atomic E-state index is 11.9. The lowest BCUT2D eigenvalue weighted by atomic mass is 10.2. The lowest BCUT2D eigenvalue weighted by molar-refractivity contribution is 0.0242. The standard InChI is InChI=1S/C13H20N2O2S/c1-13(2,3)17-12(16)15-7-9-5-10(6-14-4)18-11(9)8-15/h5,14H,6-8H2,1-4H3. The third-order valence-corrected chi connectivity index (χ3v) is 3.81. The Hall–Kier alpha value is -1.07. The number of hydrogen-bond acceptors (Lipinski definition) is 4. The average Bonchev–Trinajstić information content (AvgIpc) is 2.72. The maximum absolute atomic E-state index is 11.9. The van der Waals surface area contributed by atoms with Gasteiger partial charge in [0.2, 0.25) is 0 Å². The molecule has 0 unspecified atom stereocenters. The topological polar surface area (TPSA) is 41.6 Å². The maximum Gasteiger partial charge on any atom is 0.410 e. The summed E-state index contributed by atoms with van der Waals surface area (Å²) in [6.45, 7) is 7.92. The van der Waals surface area contributed by atoms with Crippen LogP contribution < -0.4 is 5.32 Å². The first-order chi connectivity index (χ1) is 8.39. The van der Waals surface area contributed by atoms with Gasteiger partial charge in [-0.1, -0.05) is 0 Å². The van der Waals surface area contributed by atoms with E-state index in [0.717, 1.165) is 6.54 Å². The molecule has 0 fully saturated rings. The van der Waals surface area contributed by atoms with Crippen LogP contribution in [0.1, 0.15) is 36.1 Å². The molecule has 1 aromatic rings. The Morgan fingerprint density at radius 3 is 2.78 bits per heavy atom. The highest BCUT2D eigenvalue weighted by atomic mass is 32.1. The molecule has 4 nitrogen and oxygen atoms in total. The average molecular weight is 268 g/mol. The number of rotatable bonds is 2. The predicted molar refractivity (Wildman–Crippen MR) is 72.6 cm³/mol. The van der Waals surface area contributed by atoms with Crippen LogP contribution in [0.3, 0.4) is 0 Å². The van der Waals surface area contributed by atoms with Crippen molar-refractivity contribution < 1.29 is 9.53 Å². The number of fused-ring (bicyclic) bond motifs is 1. The minimum absolute atomic E-state index is 0.221. The summed E-state index contributed by atoms with van der Waals surface area (Å²) in [6.07, 6.45) is -0.221. The second-order valence-corrected chi connectivity index (χ2v) is 6.75. The van der Waals surface area contributed by atoms with Gasteiger partial charge in [0.1, 0.15) is 5.60 Å². The van der Waals surface area contributed by atoms with Crippen molar-refractivity contribution in [2.24, 2.45) is 0 Å².